The molecule has 0 aromatic heterocycles. The monoisotopic (exact) mass is 1120 g/mol. The summed E-state index contributed by atoms with van der Waals surface area (Å²) in [5.41, 5.74) is 2.15. The topological polar surface area (TPSA) is 165 Å². The van der Waals surface area contributed by atoms with E-state index in [1.165, 1.54) is 30.8 Å². The Labute approximate surface area is 465 Å². The van der Waals surface area contributed by atoms with E-state index in [1.807, 2.05) is 97.3 Å². The Morgan fingerprint density at radius 1 is 0.679 bits per heavy atom. The summed E-state index contributed by atoms with van der Waals surface area (Å²) in [6.07, 6.45) is -9.07. The largest absolute Gasteiger partial charge is 0.497 e. The Kier molecular flexibility index (Phi) is 18.0. The van der Waals surface area contributed by atoms with Crippen LogP contribution < -0.4 is 14.2 Å². The van der Waals surface area contributed by atoms with Crippen molar-refractivity contribution in [3.05, 3.63) is 195 Å². The third-order valence-electron chi connectivity index (χ3n) is 13.7. The van der Waals surface area contributed by atoms with Crippen molar-refractivity contribution < 1.29 is 71.2 Å². The van der Waals surface area contributed by atoms with Crippen LogP contribution in [0.5, 0.6) is 17.2 Å². The highest BCUT2D eigenvalue weighted by atomic mass is 35.5. The van der Waals surface area contributed by atoms with Gasteiger partial charge in [0, 0.05) is 18.1 Å². The lowest BCUT2D eigenvalue weighted by molar-refractivity contribution is -0.349. The molecular formula is C59H57Cl2NO15S. The van der Waals surface area contributed by atoms with Gasteiger partial charge in [0.05, 0.1) is 61.8 Å². The number of thioether (sulfide) groups is 1. The molecule has 78 heavy (non-hydrogen) atoms. The van der Waals surface area contributed by atoms with Crippen molar-refractivity contribution in [3.63, 3.8) is 0 Å². The van der Waals surface area contributed by atoms with Crippen LogP contribution in [0, 0.1) is 0 Å². The van der Waals surface area contributed by atoms with Gasteiger partial charge in [-0.05, 0) is 65.9 Å². The SMILES string of the molecule is COc1ccc(O[C@@H]2O[C@H](COCc3ccccc3)[C@@H](OC(O[C@H]3[C@@H](OC(C)=O)[C@@H]4O[C@H](c5ccccc5)OC[C@H]4O[C@@H]3SC)c3ccc(OC)cc3)[C@H](OCc3ccccc3)[C@H]2N2C(=O)c3cc(Cl)c(Cl)cc3C2=O)cc1. The Morgan fingerprint density at radius 2 is 1.24 bits per heavy atom. The molecule has 4 aliphatic rings. The molecule has 19 heteroatoms. The van der Waals surface area contributed by atoms with Gasteiger partial charge in [0.1, 0.15) is 65.4 Å². The summed E-state index contributed by atoms with van der Waals surface area (Å²) in [5.74, 6) is -0.563. The van der Waals surface area contributed by atoms with Crippen LogP contribution in [-0.2, 0) is 60.6 Å². The molecule has 4 heterocycles. The number of carbonyl (C=O) groups is 3. The van der Waals surface area contributed by atoms with E-state index in [2.05, 4.69) is 0 Å². The van der Waals surface area contributed by atoms with Gasteiger partial charge >= 0.3 is 5.97 Å². The Morgan fingerprint density at radius 3 is 1.83 bits per heavy atom. The van der Waals surface area contributed by atoms with Gasteiger partial charge in [0.25, 0.3) is 11.8 Å². The van der Waals surface area contributed by atoms with Gasteiger partial charge in [-0.15, -0.1) is 11.8 Å². The Balaban J connectivity index is 1.10. The third kappa shape index (κ3) is 12.4. The van der Waals surface area contributed by atoms with E-state index in [1.54, 1.807) is 62.8 Å². The predicted octanol–water partition coefficient (Wildman–Crippen LogP) is 10.2. The van der Waals surface area contributed by atoms with Crippen LogP contribution in [0.3, 0.4) is 0 Å². The number of fused-ring (bicyclic) bond motifs is 2. The van der Waals surface area contributed by atoms with Crippen molar-refractivity contribution in [2.45, 2.75) is 93.2 Å². The quantitative estimate of drug-likeness (QED) is 0.0402. The van der Waals surface area contributed by atoms with Crippen molar-refractivity contribution >= 4 is 52.7 Å². The molecule has 3 fully saturated rings. The number of rotatable bonds is 20. The minimum atomic E-state index is -1.43. The number of methoxy groups -OCH3 is 2. The molecule has 0 spiro atoms. The maximum Gasteiger partial charge on any atom is 0.303 e. The van der Waals surface area contributed by atoms with Gasteiger partial charge in [-0.3, -0.25) is 19.3 Å². The number of imide groups is 1. The van der Waals surface area contributed by atoms with Crippen LogP contribution in [0.2, 0.25) is 10.0 Å². The molecule has 6 aromatic carbocycles. The predicted molar refractivity (Wildman–Crippen MR) is 287 cm³/mol. The number of hydrogen-bond donors (Lipinski definition) is 0. The first-order chi connectivity index (χ1) is 38.0. The fourth-order valence-corrected chi connectivity index (χ4v) is 11.0. The summed E-state index contributed by atoms with van der Waals surface area (Å²) in [4.78, 5) is 44.3. The molecule has 4 aliphatic heterocycles. The van der Waals surface area contributed by atoms with Crippen molar-refractivity contribution in [1.82, 2.24) is 4.90 Å². The minimum Gasteiger partial charge on any atom is -0.497 e. The Bertz CT molecular complexity index is 2940. The molecule has 0 saturated carbocycles. The number of amides is 2. The van der Waals surface area contributed by atoms with Crippen LogP contribution in [0.1, 0.15) is 62.5 Å². The zero-order valence-electron chi connectivity index (χ0n) is 42.9. The summed E-state index contributed by atoms with van der Waals surface area (Å²) < 4.78 is 78.8. The lowest BCUT2D eigenvalue weighted by atomic mass is 9.94. The van der Waals surface area contributed by atoms with Crippen molar-refractivity contribution in [3.8, 4) is 17.2 Å². The molecule has 12 atom stereocenters. The molecule has 1 unspecified atom stereocenters. The summed E-state index contributed by atoms with van der Waals surface area (Å²) >= 11 is 14.4. The number of ether oxygens (including phenoxy) is 12. The summed E-state index contributed by atoms with van der Waals surface area (Å²) in [6, 6.07) is 43.6. The van der Waals surface area contributed by atoms with E-state index in [0.29, 0.717) is 22.8 Å². The van der Waals surface area contributed by atoms with Crippen LogP contribution in [0.4, 0.5) is 0 Å². The molecule has 408 valence electrons. The zero-order chi connectivity index (χ0) is 54.3. The smallest absolute Gasteiger partial charge is 0.303 e. The van der Waals surface area contributed by atoms with Gasteiger partial charge in [-0.1, -0.05) is 126 Å². The second-order valence-electron chi connectivity index (χ2n) is 18.7. The first-order valence-corrected chi connectivity index (χ1v) is 27.3. The highest BCUT2D eigenvalue weighted by Crippen LogP contribution is 2.44. The van der Waals surface area contributed by atoms with Gasteiger partial charge in [0.2, 0.25) is 6.29 Å². The lowest BCUT2D eigenvalue weighted by Crippen LogP contribution is -2.68. The Hall–Kier alpha value is -6.06. The molecule has 2 amide bonds. The van der Waals surface area contributed by atoms with Crippen LogP contribution in [0.15, 0.2) is 152 Å². The van der Waals surface area contributed by atoms with Crippen LogP contribution >= 0.6 is 35.0 Å². The summed E-state index contributed by atoms with van der Waals surface area (Å²) in [5, 5.41) is 0.154. The minimum absolute atomic E-state index is 0.0182. The van der Waals surface area contributed by atoms with Crippen LogP contribution in [-0.4, -0.2) is 117 Å². The van der Waals surface area contributed by atoms with Gasteiger partial charge in [-0.2, -0.15) is 0 Å². The first-order valence-electron chi connectivity index (χ1n) is 25.2. The second-order valence-corrected chi connectivity index (χ2v) is 20.5. The third-order valence-corrected chi connectivity index (χ3v) is 15.3. The second kappa shape index (κ2) is 25.4. The normalized spacial score (nSPS) is 26.1. The molecule has 3 saturated heterocycles. The highest BCUT2D eigenvalue weighted by Gasteiger charge is 2.58. The van der Waals surface area contributed by atoms with Crippen molar-refractivity contribution in [1.29, 1.82) is 0 Å². The maximum absolute atomic E-state index is 15.0. The molecule has 0 aliphatic carbocycles. The average Bonchev–Trinajstić information content (AvgIpc) is 3.89. The fraction of sp³-hybridized carbons (Fsp3) is 0.339. The van der Waals surface area contributed by atoms with Gasteiger partial charge in [-0.25, -0.2) is 0 Å². The number of nitrogens with zero attached hydrogens (tertiary/aromatic N) is 1. The number of carbonyl (C=O) groups excluding carboxylic acids is 3. The van der Waals surface area contributed by atoms with E-state index in [0.717, 1.165) is 21.6 Å². The number of benzene rings is 6. The van der Waals surface area contributed by atoms with Crippen molar-refractivity contribution in [2.75, 3.05) is 33.7 Å². The molecule has 6 aromatic rings. The van der Waals surface area contributed by atoms with Crippen molar-refractivity contribution in [2.24, 2.45) is 0 Å². The maximum atomic E-state index is 15.0. The molecule has 10 rings (SSSR count). The molecule has 0 N–H and O–H groups in total. The van der Waals surface area contributed by atoms with E-state index in [9.17, 15) is 4.79 Å². The number of halogens is 2. The zero-order valence-corrected chi connectivity index (χ0v) is 45.3. The summed E-state index contributed by atoms with van der Waals surface area (Å²) in [6.45, 7) is 1.46. The van der Waals surface area contributed by atoms with Gasteiger partial charge < -0.3 is 56.8 Å². The molecule has 16 nitrogen and oxygen atoms in total. The van der Waals surface area contributed by atoms with E-state index < -0.39 is 90.9 Å². The van der Waals surface area contributed by atoms with Gasteiger partial charge in [0.15, 0.2) is 18.7 Å². The number of esters is 1. The number of hydrogen-bond acceptors (Lipinski definition) is 16. The molecule has 0 radical (unpaired) electrons. The standard InChI is InChI=1S/C59H57Cl2NO15S/c1-34(63)71-52-50-47(33-70-56(75-50)37-18-12-7-13-19-37)74-59(78-4)53(52)77-57(38-20-22-39(66-2)23-21-38)76-49-46(32-68-30-35-14-8-5-9-15-35)73-58(72-41-26-24-40(67-3)25-27-41)48(51(49)69-31-36-16-10-6-11-17-36)62-54(64)42-28-44(60)45(61)29-43(42)55(62)65/h5-29,46-53,56-59H,30-33H2,1-4H3/t46-,47-,48-,49-,50-,51-,52+,53+,56-,57?,58-,59-/m1/s1. The summed E-state index contributed by atoms with van der Waals surface area (Å²) in [7, 11) is 3.10. The first kappa shape index (κ1) is 55.3. The lowest BCUT2D eigenvalue weighted by Gasteiger charge is -2.50. The fourth-order valence-electron chi connectivity index (χ4n) is 9.92. The average molecular weight is 1120 g/mol. The molecular weight excluding hydrogens is 1070 g/mol. The highest BCUT2D eigenvalue weighted by molar-refractivity contribution is 7.99. The van der Waals surface area contributed by atoms with E-state index in [4.69, 9.17) is 80.0 Å². The van der Waals surface area contributed by atoms with E-state index >= 15 is 9.59 Å². The molecule has 0 bridgehead atoms. The van der Waals surface area contributed by atoms with E-state index in [-0.39, 0.29) is 47.6 Å². The van der Waals surface area contributed by atoms with Crippen LogP contribution in [0.25, 0.3) is 0 Å².